The molecule has 0 bridgehead atoms. The highest BCUT2D eigenvalue weighted by Crippen LogP contribution is 2.38. The van der Waals surface area contributed by atoms with Gasteiger partial charge in [-0.3, -0.25) is 14.4 Å². The first-order valence-electron chi connectivity index (χ1n) is 16.5. The van der Waals surface area contributed by atoms with E-state index in [1.807, 2.05) is 35.0 Å². The lowest BCUT2D eigenvalue weighted by molar-refractivity contribution is -0.152. The van der Waals surface area contributed by atoms with Crippen LogP contribution in [-0.4, -0.2) is 63.8 Å². The molecule has 2 aromatic heterocycles. The number of nitrogens with one attached hydrogen (secondary N) is 1. The molecule has 272 valence electrons. The fraction of sp³-hybridized carbons (Fsp3) is 0.282. The van der Waals surface area contributed by atoms with Gasteiger partial charge in [-0.25, -0.2) is 4.79 Å². The van der Waals surface area contributed by atoms with E-state index in [9.17, 15) is 29.4 Å². The van der Waals surface area contributed by atoms with Crippen LogP contribution < -0.4 is 14.8 Å². The molecule has 1 aliphatic heterocycles. The maximum absolute atomic E-state index is 14.3. The van der Waals surface area contributed by atoms with Crippen molar-refractivity contribution in [1.82, 2.24) is 4.90 Å². The number of carbonyl (C=O) groups is 4. The lowest BCUT2D eigenvalue weighted by atomic mass is 9.87. The number of hydrogen-bond donors (Lipinski definition) is 3. The quantitative estimate of drug-likeness (QED) is 0.0687. The number of anilines is 1. The molecule has 0 saturated carbocycles. The largest absolute Gasteiger partial charge is 0.503 e. The van der Waals surface area contributed by atoms with E-state index < -0.39 is 59.1 Å². The first-order valence-corrected chi connectivity index (χ1v) is 17.4. The number of hydrogen-bond acceptors (Lipinski definition) is 10. The fourth-order valence-electron chi connectivity index (χ4n) is 5.58. The summed E-state index contributed by atoms with van der Waals surface area (Å²) in [7, 11) is 0. The van der Waals surface area contributed by atoms with E-state index in [1.54, 1.807) is 82.3 Å². The normalized spacial score (nSPS) is 14.0. The lowest BCUT2D eigenvalue weighted by Gasteiger charge is -2.34. The number of ether oxygens (including phenoxy) is 3. The van der Waals surface area contributed by atoms with E-state index in [0.717, 1.165) is 11.1 Å². The molecule has 52 heavy (non-hydrogen) atoms. The van der Waals surface area contributed by atoms with Gasteiger partial charge >= 0.3 is 11.9 Å². The van der Waals surface area contributed by atoms with Crippen molar-refractivity contribution in [3.05, 3.63) is 118 Å². The molecule has 0 radical (unpaired) electrons. The van der Waals surface area contributed by atoms with Crippen LogP contribution in [0.2, 0.25) is 0 Å². The Morgan fingerprint density at radius 2 is 1.75 bits per heavy atom. The Bertz CT molecular complexity index is 1960. The van der Waals surface area contributed by atoms with Gasteiger partial charge in [0.2, 0.25) is 6.79 Å². The lowest BCUT2D eigenvalue weighted by Crippen LogP contribution is -2.44. The number of carboxylic acid groups (broad SMARTS) is 1. The van der Waals surface area contributed by atoms with Crippen molar-refractivity contribution in [2.24, 2.45) is 0 Å². The average molecular weight is 729 g/mol. The third-order valence-electron chi connectivity index (χ3n) is 8.12. The van der Waals surface area contributed by atoms with E-state index in [2.05, 4.69) is 5.32 Å². The van der Waals surface area contributed by atoms with Gasteiger partial charge in [-0.2, -0.15) is 11.3 Å². The van der Waals surface area contributed by atoms with Crippen LogP contribution in [0.1, 0.15) is 67.5 Å². The molecule has 3 N–H and O–H groups in total. The van der Waals surface area contributed by atoms with Gasteiger partial charge in [-0.05, 0) is 92.0 Å². The summed E-state index contributed by atoms with van der Waals surface area (Å²) in [5, 5.41) is 27.6. The van der Waals surface area contributed by atoms with Gasteiger partial charge in [0, 0.05) is 30.6 Å². The Balaban J connectivity index is 1.53. The topological polar surface area (TPSA) is 165 Å². The molecule has 2 atom stereocenters. The Labute approximate surface area is 304 Å². The van der Waals surface area contributed by atoms with Crippen molar-refractivity contribution >= 4 is 46.9 Å². The second kappa shape index (κ2) is 16.5. The van der Waals surface area contributed by atoms with Gasteiger partial charge in [0.1, 0.15) is 11.4 Å². The molecular formula is C39H40N2O10S. The zero-order chi connectivity index (χ0) is 37.4. The van der Waals surface area contributed by atoms with Crippen molar-refractivity contribution in [2.45, 2.75) is 58.1 Å². The number of carboxylic acids is 1. The maximum Gasteiger partial charge on any atom is 0.339 e. The summed E-state index contributed by atoms with van der Waals surface area (Å²) in [5.41, 5.74) is 0.526. The van der Waals surface area contributed by atoms with Crippen LogP contribution in [0.5, 0.6) is 11.5 Å². The zero-order valence-corrected chi connectivity index (χ0v) is 30.0. The molecule has 0 fully saturated rings. The number of thiophene rings is 1. The van der Waals surface area contributed by atoms with Crippen molar-refractivity contribution in [3.8, 4) is 11.5 Å². The predicted molar refractivity (Wildman–Crippen MR) is 194 cm³/mol. The van der Waals surface area contributed by atoms with E-state index in [-0.39, 0.29) is 25.5 Å². The number of carbonyl (C=O) groups excluding carboxylic acids is 3. The van der Waals surface area contributed by atoms with Crippen LogP contribution in [0.3, 0.4) is 0 Å². The highest BCUT2D eigenvalue weighted by molar-refractivity contribution is 7.08. The number of para-hydroxylation sites is 1. The van der Waals surface area contributed by atoms with E-state index >= 15 is 0 Å². The summed E-state index contributed by atoms with van der Waals surface area (Å²) >= 11 is 1.50. The van der Waals surface area contributed by atoms with Crippen LogP contribution in [-0.2, 0) is 25.5 Å². The average Bonchev–Trinajstić information content (AvgIpc) is 3.89. The highest BCUT2D eigenvalue weighted by atomic mass is 32.1. The number of rotatable bonds is 14. The number of amides is 2. The summed E-state index contributed by atoms with van der Waals surface area (Å²) in [6.45, 7) is 6.56. The smallest absolute Gasteiger partial charge is 0.339 e. The van der Waals surface area contributed by atoms with Gasteiger partial charge in [0.25, 0.3) is 11.8 Å². The van der Waals surface area contributed by atoms with Crippen LogP contribution >= 0.6 is 11.3 Å². The Hall–Kier alpha value is -5.82. The number of nitrogens with zero attached hydrogens (tertiary/aromatic N) is 1. The maximum atomic E-state index is 14.3. The van der Waals surface area contributed by atoms with Gasteiger partial charge in [0.15, 0.2) is 23.0 Å². The molecule has 2 unspecified atom stereocenters. The summed E-state index contributed by atoms with van der Waals surface area (Å²) in [6.07, 6.45) is 2.81. The van der Waals surface area contributed by atoms with E-state index in [0.29, 0.717) is 22.9 Å². The highest BCUT2D eigenvalue weighted by Gasteiger charge is 2.35. The minimum atomic E-state index is -1.43. The second-order valence-corrected chi connectivity index (χ2v) is 13.8. The first kappa shape index (κ1) is 37.4. The molecule has 0 spiro atoms. The first-order chi connectivity index (χ1) is 24.8. The third-order valence-corrected chi connectivity index (χ3v) is 8.82. The molecule has 3 heterocycles. The molecule has 0 saturated heterocycles. The third kappa shape index (κ3) is 9.69. The minimum Gasteiger partial charge on any atom is -0.503 e. The minimum absolute atomic E-state index is 0.0293. The fourth-order valence-corrected chi connectivity index (χ4v) is 6.21. The number of fused-ring (bicyclic) bond motifs is 1. The molecule has 0 aliphatic carbocycles. The van der Waals surface area contributed by atoms with E-state index in [4.69, 9.17) is 18.6 Å². The Morgan fingerprint density at radius 3 is 2.44 bits per heavy atom. The number of aliphatic hydroxyl groups excluding tert-OH is 1. The summed E-state index contributed by atoms with van der Waals surface area (Å²) in [4.78, 5) is 53.6. The molecule has 5 rings (SSSR count). The van der Waals surface area contributed by atoms with Gasteiger partial charge in [-0.1, -0.05) is 36.4 Å². The van der Waals surface area contributed by atoms with Crippen molar-refractivity contribution in [1.29, 1.82) is 0 Å². The SMILES string of the molecule is CC(C(Cc1ccc(C(=O)Nc2ccccc2)o1)c1ccc2c(c1)OCO2)N(C/C=C/c1ccsc1)C(=O)C(O)=C(CC(=O)O)C(=O)OC(C)(C)C. The van der Waals surface area contributed by atoms with Crippen LogP contribution in [0, 0.1) is 0 Å². The van der Waals surface area contributed by atoms with Crippen molar-refractivity contribution < 1.29 is 48.0 Å². The standard InChI is InChI=1S/C39H40N2O10S/c1-24(41(17-8-9-25-16-18-52-22-25)37(46)35(44)30(21-34(42)43)38(47)51-39(2,3)4)29(26-12-14-31-33(19-26)49-23-48-31)20-28-13-15-32(50-28)36(45)40-27-10-6-5-7-11-27/h5-16,18-19,22,24,29,44H,17,20-21,23H2,1-4H3,(H,40,45)(H,42,43)/b9-8+,35-30?. The summed E-state index contributed by atoms with van der Waals surface area (Å²) < 4.78 is 22.6. The Morgan fingerprint density at radius 1 is 1.00 bits per heavy atom. The predicted octanol–water partition coefficient (Wildman–Crippen LogP) is 7.21. The van der Waals surface area contributed by atoms with E-state index in [1.165, 1.54) is 16.2 Å². The van der Waals surface area contributed by atoms with Crippen molar-refractivity contribution in [2.75, 3.05) is 18.7 Å². The number of furan rings is 1. The van der Waals surface area contributed by atoms with Gasteiger partial charge in [0.05, 0.1) is 12.0 Å². The van der Waals surface area contributed by atoms with Crippen molar-refractivity contribution in [3.63, 3.8) is 0 Å². The number of benzene rings is 2. The molecule has 2 aromatic carbocycles. The molecule has 4 aromatic rings. The van der Waals surface area contributed by atoms with Gasteiger partial charge in [-0.15, -0.1) is 0 Å². The molecule has 12 nitrogen and oxygen atoms in total. The summed E-state index contributed by atoms with van der Waals surface area (Å²) in [6, 6.07) is 18.8. The summed E-state index contributed by atoms with van der Waals surface area (Å²) in [5.74, 6) is -3.96. The second-order valence-electron chi connectivity index (χ2n) is 13.1. The number of aliphatic carboxylic acids is 1. The zero-order valence-electron chi connectivity index (χ0n) is 29.2. The van der Waals surface area contributed by atoms with Gasteiger partial charge < -0.3 is 39.1 Å². The molecule has 1 aliphatic rings. The monoisotopic (exact) mass is 728 g/mol. The van der Waals surface area contributed by atoms with Crippen LogP contribution in [0.15, 0.2) is 99.3 Å². The van der Waals surface area contributed by atoms with Crippen LogP contribution in [0.25, 0.3) is 6.08 Å². The molecule has 2 amide bonds. The molecular weight excluding hydrogens is 689 g/mol. The Kier molecular flexibility index (Phi) is 11.9. The van der Waals surface area contributed by atoms with Crippen LogP contribution in [0.4, 0.5) is 5.69 Å². The molecule has 13 heteroatoms. The number of esters is 1. The number of aliphatic hydroxyl groups is 1.